The van der Waals surface area contributed by atoms with E-state index in [1.807, 2.05) is 0 Å². The lowest BCUT2D eigenvalue weighted by Crippen LogP contribution is -2.16. The van der Waals surface area contributed by atoms with Crippen molar-refractivity contribution in [2.75, 3.05) is 6.54 Å². The molecule has 1 N–H and O–H groups in total. The van der Waals surface area contributed by atoms with E-state index in [9.17, 15) is 10.1 Å². The van der Waals surface area contributed by atoms with Gasteiger partial charge in [-0.15, -0.1) is 0 Å². The highest BCUT2D eigenvalue weighted by atomic mass is 35.5. The summed E-state index contributed by atoms with van der Waals surface area (Å²) < 4.78 is 0. The molecule has 1 aromatic rings. The molecule has 0 radical (unpaired) electrons. The summed E-state index contributed by atoms with van der Waals surface area (Å²) in [6.07, 6.45) is 7.92. The molecule has 1 aliphatic carbocycles. The lowest BCUT2D eigenvalue weighted by atomic mass is 10.0. The second kappa shape index (κ2) is 7.60. The second-order valence-corrected chi connectivity index (χ2v) is 5.94. The van der Waals surface area contributed by atoms with Crippen molar-refractivity contribution in [2.24, 2.45) is 5.92 Å². The summed E-state index contributed by atoms with van der Waals surface area (Å²) in [4.78, 5) is 10.6. The maximum absolute atomic E-state index is 10.9. The lowest BCUT2D eigenvalue weighted by Gasteiger charge is -2.09. The van der Waals surface area contributed by atoms with Crippen LogP contribution in [0.5, 0.6) is 0 Å². The molecule has 1 aromatic carbocycles. The van der Waals surface area contributed by atoms with Crippen LogP contribution in [0.1, 0.15) is 44.1 Å². The second-order valence-electron chi connectivity index (χ2n) is 5.50. The minimum absolute atomic E-state index is 0.137. The van der Waals surface area contributed by atoms with Crippen LogP contribution >= 0.6 is 11.6 Å². The number of hydrogen-bond donors (Lipinski definition) is 1. The summed E-state index contributed by atoms with van der Waals surface area (Å²) in [7, 11) is 0. The minimum Gasteiger partial charge on any atom is -0.312 e. The van der Waals surface area contributed by atoms with E-state index in [-0.39, 0.29) is 10.6 Å². The van der Waals surface area contributed by atoms with E-state index in [0.29, 0.717) is 17.1 Å². The Morgan fingerprint density at radius 2 is 2.10 bits per heavy atom. The van der Waals surface area contributed by atoms with Gasteiger partial charge in [0.05, 0.1) is 4.92 Å². The van der Waals surface area contributed by atoms with Crippen molar-refractivity contribution < 1.29 is 4.92 Å². The van der Waals surface area contributed by atoms with Crippen LogP contribution in [0.4, 0.5) is 5.69 Å². The van der Waals surface area contributed by atoms with E-state index in [1.54, 1.807) is 12.1 Å². The highest BCUT2D eigenvalue weighted by Crippen LogP contribution is 2.28. The van der Waals surface area contributed by atoms with Crippen molar-refractivity contribution in [1.29, 1.82) is 0 Å². The zero-order chi connectivity index (χ0) is 14.4. The first-order valence-corrected chi connectivity index (χ1v) is 7.68. The Balaban J connectivity index is 1.75. The quantitative estimate of drug-likeness (QED) is 0.463. The number of rotatable bonds is 7. The van der Waals surface area contributed by atoms with Crippen LogP contribution in [0.3, 0.4) is 0 Å². The minimum atomic E-state index is -0.355. The van der Waals surface area contributed by atoms with E-state index in [4.69, 9.17) is 11.6 Å². The van der Waals surface area contributed by atoms with E-state index in [1.165, 1.54) is 38.2 Å². The molecule has 0 heterocycles. The van der Waals surface area contributed by atoms with E-state index >= 15 is 0 Å². The van der Waals surface area contributed by atoms with Gasteiger partial charge in [0.25, 0.3) is 5.69 Å². The number of nitrogens with zero attached hydrogens (tertiary/aromatic N) is 1. The third-order valence-electron chi connectivity index (χ3n) is 3.99. The number of nitro benzene ring substituents is 1. The van der Waals surface area contributed by atoms with Crippen molar-refractivity contribution in [3.05, 3.63) is 38.9 Å². The Hall–Kier alpha value is -1.13. The molecule has 110 valence electrons. The number of benzene rings is 1. The maximum Gasteiger partial charge on any atom is 0.273 e. The highest BCUT2D eigenvalue weighted by molar-refractivity contribution is 6.30. The molecule has 2 rings (SSSR count). The topological polar surface area (TPSA) is 55.2 Å². The third-order valence-corrected chi connectivity index (χ3v) is 4.23. The van der Waals surface area contributed by atoms with Crippen LogP contribution in [0.25, 0.3) is 0 Å². The summed E-state index contributed by atoms with van der Waals surface area (Å²) in [5.74, 6) is 0.900. The van der Waals surface area contributed by atoms with Crippen molar-refractivity contribution >= 4 is 17.3 Å². The van der Waals surface area contributed by atoms with Gasteiger partial charge in [-0.25, -0.2) is 0 Å². The zero-order valence-electron chi connectivity index (χ0n) is 11.6. The van der Waals surface area contributed by atoms with Gasteiger partial charge in [0.2, 0.25) is 0 Å². The maximum atomic E-state index is 10.9. The molecule has 0 aliphatic heterocycles. The molecule has 4 nitrogen and oxygen atoms in total. The Morgan fingerprint density at radius 3 is 2.80 bits per heavy atom. The van der Waals surface area contributed by atoms with Gasteiger partial charge in [-0.3, -0.25) is 10.1 Å². The number of hydrogen-bond acceptors (Lipinski definition) is 3. The van der Waals surface area contributed by atoms with Gasteiger partial charge in [-0.05, 0) is 37.4 Å². The van der Waals surface area contributed by atoms with Crippen LogP contribution < -0.4 is 5.32 Å². The smallest absolute Gasteiger partial charge is 0.273 e. The van der Waals surface area contributed by atoms with Crippen molar-refractivity contribution in [3.63, 3.8) is 0 Å². The zero-order valence-corrected chi connectivity index (χ0v) is 12.4. The molecule has 0 bridgehead atoms. The van der Waals surface area contributed by atoms with Crippen molar-refractivity contribution in [2.45, 2.75) is 45.1 Å². The van der Waals surface area contributed by atoms with Crippen molar-refractivity contribution in [3.8, 4) is 0 Å². The van der Waals surface area contributed by atoms with E-state index in [2.05, 4.69) is 5.32 Å². The Morgan fingerprint density at radius 1 is 1.35 bits per heavy atom. The molecule has 1 saturated carbocycles. The summed E-state index contributed by atoms with van der Waals surface area (Å²) >= 11 is 5.90. The molecule has 0 aromatic heterocycles. The Bertz CT molecular complexity index is 459. The van der Waals surface area contributed by atoms with Crippen molar-refractivity contribution in [1.82, 2.24) is 5.32 Å². The first kappa shape index (κ1) is 15.3. The molecule has 0 spiro atoms. The van der Waals surface area contributed by atoms with Crippen LogP contribution in [-0.2, 0) is 6.54 Å². The SMILES string of the molecule is O=[N+]([O-])c1ccc(Cl)cc1CNCCCC1CCCC1. The largest absolute Gasteiger partial charge is 0.312 e. The van der Waals surface area contributed by atoms with Crippen LogP contribution in [0.2, 0.25) is 5.02 Å². The van der Waals surface area contributed by atoms with Crippen LogP contribution in [0, 0.1) is 16.0 Å². The molecular weight excluding hydrogens is 276 g/mol. The first-order valence-electron chi connectivity index (χ1n) is 7.30. The fourth-order valence-electron chi connectivity index (χ4n) is 2.91. The molecule has 5 heteroatoms. The molecule has 0 unspecified atom stereocenters. The average Bonchev–Trinajstić information content (AvgIpc) is 2.91. The number of halogens is 1. The van der Waals surface area contributed by atoms with Gasteiger partial charge in [-0.2, -0.15) is 0 Å². The van der Waals surface area contributed by atoms with Gasteiger partial charge in [-0.1, -0.05) is 37.3 Å². The predicted molar refractivity (Wildman–Crippen MR) is 81.0 cm³/mol. The fourth-order valence-corrected chi connectivity index (χ4v) is 3.11. The summed E-state index contributed by atoms with van der Waals surface area (Å²) in [5, 5.41) is 14.8. The third kappa shape index (κ3) is 4.46. The Labute approximate surface area is 124 Å². The van der Waals surface area contributed by atoms with Crippen LogP contribution in [0.15, 0.2) is 18.2 Å². The lowest BCUT2D eigenvalue weighted by molar-refractivity contribution is -0.385. The Kier molecular flexibility index (Phi) is 5.80. The molecule has 0 saturated heterocycles. The number of nitrogens with one attached hydrogen (secondary N) is 1. The van der Waals surface area contributed by atoms with Gasteiger partial charge >= 0.3 is 0 Å². The standard InChI is InChI=1S/C15H21ClN2O2/c16-14-7-8-15(18(19)20)13(10-14)11-17-9-3-6-12-4-1-2-5-12/h7-8,10,12,17H,1-6,9,11H2. The van der Waals surface area contributed by atoms with Gasteiger partial charge < -0.3 is 5.32 Å². The van der Waals surface area contributed by atoms with E-state index in [0.717, 1.165) is 18.9 Å². The molecule has 1 fully saturated rings. The molecule has 1 aliphatic rings. The monoisotopic (exact) mass is 296 g/mol. The van der Waals surface area contributed by atoms with E-state index < -0.39 is 0 Å². The molecule has 0 amide bonds. The van der Waals surface area contributed by atoms with Gasteiger partial charge in [0, 0.05) is 23.2 Å². The highest BCUT2D eigenvalue weighted by Gasteiger charge is 2.15. The summed E-state index contributed by atoms with van der Waals surface area (Å²) in [6, 6.07) is 4.70. The first-order chi connectivity index (χ1) is 9.66. The average molecular weight is 297 g/mol. The predicted octanol–water partition coefficient (Wildman–Crippen LogP) is 4.31. The van der Waals surface area contributed by atoms with Gasteiger partial charge in [0.1, 0.15) is 0 Å². The van der Waals surface area contributed by atoms with Gasteiger partial charge in [0.15, 0.2) is 0 Å². The molecule has 0 atom stereocenters. The number of nitro groups is 1. The van der Waals surface area contributed by atoms with Crippen LogP contribution in [-0.4, -0.2) is 11.5 Å². The fraction of sp³-hybridized carbons (Fsp3) is 0.600. The summed E-state index contributed by atoms with van der Waals surface area (Å²) in [5.41, 5.74) is 0.793. The summed E-state index contributed by atoms with van der Waals surface area (Å²) in [6.45, 7) is 1.40. The molecular formula is C15H21ClN2O2. The normalized spacial score (nSPS) is 15.7. The molecule has 20 heavy (non-hydrogen) atoms.